The summed E-state index contributed by atoms with van der Waals surface area (Å²) in [6.07, 6.45) is 4.58. The molecule has 0 fully saturated rings. The van der Waals surface area contributed by atoms with E-state index < -0.39 is 0 Å². The minimum absolute atomic E-state index is 0.00557. The van der Waals surface area contributed by atoms with Crippen LogP contribution in [-0.2, 0) is 17.8 Å². The molecule has 0 saturated heterocycles. The summed E-state index contributed by atoms with van der Waals surface area (Å²) in [6.45, 7) is 2.59. The molecule has 2 rings (SSSR count). The van der Waals surface area contributed by atoms with Crippen LogP contribution in [0, 0.1) is 5.82 Å². The highest BCUT2D eigenvalue weighted by molar-refractivity contribution is 5.76. The summed E-state index contributed by atoms with van der Waals surface area (Å²) < 4.78 is 14.5. The summed E-state index contributed by atoms with van der Waals surface area (Å²) in [5, 5.41) is 7.02. The fraction of sp³-hybridized carbons (Fsp3) is 0.333. The first-order valence-corrected chi connectivity index (χ1v) is 6.65. The standard InChI is InChI=1S/C15H18FN3O/c1-12(11-19-10-2-9-17-19)18-15(20)8-5-13-3-6-14(16)7-4-13/h2-4,6-7,9-10,12H,5,8,11H2,1H3,(H,18,20)/t12-/m1/s1. The molecule has 106 valence electrons. The Kier molecular flexibility index (Phi) is 4.87. The maximum absolute atomic E-state index is 12.8. The number of hydrogen-bond acceptors (Lipinski definition) is 2. The minimum Gasteiger partial charge on any atom is -0.352 e. The third-order valence-electron chi connectivity index (χ3n) is 2.98. The number of aromatic nitrogens is 2. The van der Waals surface area contributed by atoms with Crippen molar-refractivity contribution in [3.8, 4) is 0 Å². The Morgan fingerprint density at radius 3 is 2.80 bits per heavy atom. The second-order valence-corrected chi connectivity index (χ2v) is 4.82. The van der Waals surface area contributed by atoms with Crippen LogP contribution in [0.15, 0.2) is 42.7 Å². The van der Waals surface area contributed by atoms with E-state index >= 15 is 0 Å². The van der Waals surface area contributed by atoms with Gasteiger partial charge >= 0.3 is 0 Å². The number of hydrogen-bond donors (Lipinski definition) is 1. The van der Waals surface area contributed by atoms with Gasteiger partial charge in [0.1, 0.15) is 5.82 Å². The number of nitrogens with one attached hydrogen (secondary N) is 1. The average Bonchev–Trinajstić information content (AvgIpc) is 2.90. The van der Waals surface area contributed by atoms with Crippen LogP contribution in [0.3, 0.4) is 0 Å². The normalized spacial score (nSPS) is 12.1. The SMILES string of the molecule is C[C@H](Cn1cccn1)NC(=O)CCc1ccc(F)cc1. The van der Waals surface area contributed by atoms with Crippen molar-refractivity contribution in [2.24, 2.45) is 0 Å². The van der Waals surface area contributed by atoms with E-state index in [0.29, 0.717) is 19.4 Å². The maximum Gasteiger partial charge on any atom is 0.220 e. The topological polar surface area (TPSA) is 46.9 Å². The molecule has 1 aromatic carbocycles. The Morgan fingerprint density at radius 1 is 1.40 bits per heavy atom. The molecule has 1 aromatic heterocycles. The van der Waals surface area contributed by atoms with Gasteiger partial charge in [0.05, 0.1) is 6.54 Å². The molecule has 1 heterocycles. The lowest BCUT2D eigenvalue weighted by atomic mass is 10.1. The highest BCUT2D eigenvalue weighted by Crippen LogP contribution is 2.05. The molecule has 0 aliphatic carbocycles. The summed E-state index contributed by atoms with van der Waals surface area (Å²) >= 11 is 0. The van der Waals surface area contributed by atoms with Gasteiger partial charge < -0.3 is 5.32 Å². The van der Waals surface area contributed by atoms with Crippen molar-refractivity contribution in [2.45, 2.75) is 32.4 Å². The molecule has 4 nitrogen and oxygen atoms in total. The molecular formula is C15H18FN3O. The van der Waals surface area contributed by atoms with E-state index in [4.69, 9.17) is 0 Å². The lowest BCUT2D eigenvalue weighted by Gasteiger charge is -2.14. The Hall–Kier alpha value is -2.17. The van der Waals surface area contributed by atoms with Gasteiger partial charge in [-0.2, -0.15) is 5.10 Å². The number of amides is 1. The number of rotatable bonds is 6. The molecule has 2 aromatic rings. The predicted molar refractivity (Wildman–Crippen MR) is 74.6 cm³/mol. The van der Waals surface area contributed by atoms with E-state index in [1.165, 1.54) is 12.1 Å². The third-order valence-corrected chi connectivity index (χ3v) is 2.98. The summed E-state index contributed by atoms with van der Waals surface area (Å²) in [4.78, 5) is 11.8. The zero-order chi connectivity index (χ0) is 14.4. The molecular weight excluding hydrogens is 257 g/mol. The van der Waals surface area contributed by atoms with Gasteiger partial charge in [0.2, 0.25) is 5.91 Å². The molecule has 0 aliphatic rings. The molecule has 1 N–H and O–H groups in total. The van der Waals surface area contributed by atoms with Crippen molar-refractivity contribution < 1.29 is 9.18 Å². The first-order chi connectivity index (χ1) is 9.63. The number of halogens is 1. The predicted octanol–water partition coefficient (Wildman–Crippen LogP) is 2.16. The quantitative estimate of drug-likeness (QED) is 0.878. The van der Waals surface area contributed by atoms with E-state index in [0.717, 1.165) is 5.56 Å². The molecule has 1 amide bonds. The average molecular weight is 275 g/mol. The van der Waals surface area contributed by atoms with Gasteiger partial charge in [-0.05, 0) is 37.1 Å². The van der Waals surface area contributed by atoms with Crippen LogP contribution in [0.4, 0.5) is 4.39 Å². The number of aryl methyl sites for hydroxylation is 1. The highest BCUT2D eigenvalue weighted by atomic mass is 19.1. The van der Waals surface area contributed by atoms with Crippen LogP contribution >= 0.6 is 0 Å². The van der Waals surface area contributed by atoms with Crippen LogP contribution < -0.4 is 5.32 Å². The molecule has 0 radical (unpaired) electrons. The maximum atomic E-state index is 12.8. The second kappa shape index (κ2) is 6.84. The van der Waals surface area contributed by atoms with Crippen molar-refractivity contribution in [3.05, 3.63) is 54.1 Å². The highest BCUT2D eigenvalue weighted by Gasteiger charge is 2.08. The van der Waals surface area contributed by atoms with Crippen LogP contribution in [0.1, 0.15) is 18.9 Å². The molecule has 0 unspecified atom stereocenters. The smallest absolute Gasteiger partial charge is 0.220 e. The second-order valence-electron chi connectivity index (χ2n) is 4.82. The molecule has 1 atom stereocenters. The zero-order valence-electron chi connectivity index (χ0n) is 11.4. The van der Waals surface area contributed by atoms with E-state index in [-0.39, 0.29) is 17.8 Å². The Balaban J connectivity index is 1.73. The zero-order valence-corrected chi connectivity index (χ0v) is 11.4. The van der Waals surface area contributed by atoms with Crippen molar-refractivity contribution in [2.75, 3.05) is 0 Å². The lowest BCUT2D eigenvalue weighted by molar-refractivity contribution is -0.121. The summed E-state index contributed by atoms with van der Waals surface area (Å²) in [6, 6.07) is 8.10. The van der Waals surface area contributed by atoms with E-state index in [1.807, 2.05) is 19.2 Å². The van der Waals surface area contributed by atoms with Crippen LogP contribution in [0.2, 0.25) is 0 Å². The lowest BCUT2D eigenvalue weighted by Crippen LogP contribution is -2.35. The number of nitrogens with zero attached hydrogens (tertiary/aromatic N) is 2. The number of benzene rings is 1. The van der Waals surface area contributed by atoms with Crippen LogP contribution in [0.25, 0.3) is 0 Å². The monoisotopic (exact) mass is 275 g/mol. The Bertz CT molecular complexity index is 537. The molecule has 20 heavy (non-hydrogen) atoms. The van der Waals surface area contributed by atoms with Gasteiger partial charge in [0.25, 0.3) is 0 Å². The van der Waals surface area contributed by atoms with E-state index in [1.54, 1.807) is 23.0 Å². The van der Waals surface area contributed by atoms with Gasteiger partial charge in [-0.1, -0.05) is 12.1 Å². The van der Waals surface area contributed by atoms with Gasteiger partial charge in [0.15, 0.2) is 0 Å². The molecule has 0 aliphatic heterocycles. The molecule has 0 spiro atoms. The van der Waals surface area contributed by atoms with Crippen molar-refractivity contribution in [3.63, 3.8) is 0 Å². The number of carbonyl (C=O) groups is 1. The van der Waals surface area contributed by atoms with Gasteiger partial charge in [0, 0.05) is 24.9 Å². The van der Waals surface area contributed by atoms with E-state index in [9.17, 15) is 9.18 Å². The van der Waals surface area contributed by atoms with Gasteiger partial charge in [-0.25, -0.2) is 4.39 Å². The summed E-state index contributed by atoms with van der Waals surface area (Å²) in [5.74, 6) is -0.264. The molecule has 0 saturated carbocycles. The fourth-order valence-electron chi connectivity index (χ4n) is 1.99. The Morgan fingerprint density at radius 2 is 2.15 bits per heavy atom. The molecule has 5 heteroatoms. The minimum atomic E-state index is -0.258. The first-order valence-electron chi connectivity index (χ1n) is 6.65. The first kappa shape index (κ1) is 14.2. The van der Waals surface area contributed by atoms with Crippen LogP contribution in [0.5, 0.6) is 0 Å². The van der Waals surface area contributed by atoms with Crippen LogP contribution in [-0.4, -0.2) is 21.7 Å². The van der Waals surface area contributed by atoms with E-state index in [2.05, 4.69) is 10.4 Å². The number of carbonyl (C=O) groups excluding carboxylic acids is 1. The van der Waals surface area contributed by atoms with Gasteiger partial charge in [-0.15, -0.1) is 0 Å². The largest absolute Gasteiger partial charge is 0.352 e. The molecule has 0 bridgehead atoms. The van der Waals surface area contributed by atoms with Gasteiger partial charge in [-0.3, -0.25) is 9.48 Å². The summed E-state index contributed by atoms with van der Waals surface area (Å²) in [5.41, 5.74) is 0.960. The van der Waals surface area contributed by atoms with Crippen molar-refractivity contribution in [1.82, 2.24) is 15.1 Å². The van der Waals surface area contributed by atoms with Crippen molar-refractivity contribution in [1.29, 1.82) is 0 Å². The fourth-order valence-corrected chi connectivity index (χ4v) is 1.99. The summed E-state index contributed by atoms with van der Waals surface area (Å²) in [7, 11) is 0. The Labute approximate surface area is 117 Å². The third kappa shape index (κ3) is 4.50. The van der Waals surface area contributed by atoms with Crippen molar-refractivity contribution >= 4 is 5.91 Å².